The third-order valence-corrected chi connectivity index (χ3v) is 6.10. The summed E-state index contributed by atoms with van der Waals surface area (Å²) in [7, 11) is 0. The van der Waals surface area contributed by atoms with E-state index in [0.717, 1.165) is 16.7 Å². The molecule has 2 unspecified atom stereocenters. The molecule has 3 rings (SSSR count). The van der Waals surface area contributed by atoms with E-state index in [9.17, 15) is 19.6 Å². The lowest BCUT2D eigenvalue weighted by Gasteiger charge is -2.27. The number of nitrogens with two attached hydrogens (primary N) is 1. The van der Waals surface area contributed by atoms with Crippen molar-refractivity contribution in [3.05, 3.63) is 82.4 Å². The number of benzene rings is 2. The van der Waals surface area contributed by atoms with Crippen LogP contribution in [0.1, 0.15) is 52.9 Å². The van der Waals surface area contributed by atoms with E-state index in [1.54, 1.807) is 30.0 Å². The number of amides is 3. The van der Waals surface area contributed by atoms with Gasteiger partial charge in [0.15, 0.2) is 0 Å². The lowest BCUT2D eigenvalue weighted by molar-refractivity contribution is -0.132. The quantitative estimate of drug-likeness (QED) is 0.402. The van der Waals surface area contributed by atoms with Crippen molar-refractivity contribution in [1.82, 2.24) is 10.2 Å². The molecule has 4 N–H and O–H groups in total. The van der Waals surface area contributed by atoms with Crippen LogP contribution in [0.25, 0.3) is 0 Å². The van der Waals surface area contributed by atoms with Crippen LogP contribution in [0.15, 0.2) is 60.2 Å². The van der Waals surface area contributed by atoms with Crippen molar-refractivity contribution < 1.29 is 14.4 Å². The summed E-state index contributed by atoms with van der Waals surface area (Å²) in [6.45, 7) is 3.17. The van der Waals surface area contributed by atoms with Gasteiger partial charge < -0.3 is 21.4 Å². The number of carbonyl (C=O) groups excluding carboxylic acids is 3. The molecule has 3 amide bonds. The average molecular weight is 472 g/mol. The number of primary amides is 1. The highest BCUT2D eigenvalue weighted by atomic mass is 16.2. The molecule has 1 saturated heterocycles. The summed E-state index contributed by atoms with van der Waals surface area (Å²) in [6.07, 6.45) is 2.98. The molecule has 0 radical (unpaired) electrons. The van der Waals surface area contributed by atoms with Gasteiger partial charge in [-0.15, -0.1) is 0 Å². The van der Waals surface area contributed by atoms with Crippen molar-refractivity contribution in [2.24, 2.45) is 5.73 Å². The highest BCUT2D eigenvalue weighted by Gasteiger charge is 2.37. The molecule has 2 atom stereocenters. The summed E-state index contributed by atoms with van der Waals surface area (Å²) < 4.78 is 0. The average Bonchev–Trinajstić information content (AvgIpc) is 3.27. The van der Waals surface area contributed by atoms with Crippen LogP contribution in [0.5, 0.6) is 0 Å². The second-order valence-electron chi connectivity index (χ2n) is 8.67. The number of carbonyl (C=O) groups is 3. The Morgan fingerprint density at radius 2 is 1.91 bits per heavy atom. The molecule has 1 heterocycles. The fourth-order valence-corrected chi connectivity index (χ4v) is 4.35. The van der Waals surface area contributed by atoms with Crippen LogP contribution in [0.2, 0.25) is 0 Å². The smallest absolute Gasteiger partial charge is 0.251 e. The van der Waals surface area contributed by atoms with Gasteiger partial charge in [-0.2, -0.15) is 5.26 Å². The van der Waals surface area contributed by atoms with Crippen LogP contribution in [-0.4, -0.2) is 40.9 Å². The molecule has 8 heteroatoms. The summed E-state index contributed by atoms with van der Waals surface area (Å²) in [4.78, 5) is 39.0. The molecule has 2 aromatic rings. The number of rotatable bonds is 8. The molecule has 180 valence electrons. The van der Waals surface area contributed by atoms with E-state index in [1.807, 2.05) is 37.3 Å². The van der Waals surface area contributed by atoms with Gasteiger partial charge in [0.05, 0.1) is 18.7 Å². The fourth-order valence-electron chi connectivity index (χ4n) is 4.35. The number of nitriles is 1. The highest BCUT2D eigenvalue weighted by Crippen LogP contribution is 2.35. The zero-order valence-corrected chi connectivity index (χ0v) is 19.9. The molecule has 0 aromatic heterocycles. The van der Waals surface area contributed by atoms with E-state index in [4.69, 9.17) is 11.1 Å². The van der Waals surface area contributed by atoms with Crippen molar-refractivity contribution in [3.63, 3.8) is 0 Å². The Hall–Kier alpha value is -4.25. The summed E-state index contributed by atoms with van der Waals surface area (Å²) in [5, 5.41) is 19.8. The predicted molar refractivity (Wildman–Crippen MR) is 133 cm³/mol. The Morgan fingerprint density at radius 1 is 1.20 bits per heavy atom. The Kier molecular flexibility index (Phi) is 8.16. The van der Waals surface area contributed by atoms with Crippen LogP contribution in [-0.2, 0) is 16.0 Å². The summed E-state index contributed by atoms with van der Waals surface area (Å²) in [6, 6.07) is 16.1. The van der Waals surface area contributed by atoms with Crippen molar-refractivity contribution in [2.45, 2.75) is 45.2 Å². The Labute approximate surface area is 204 Å². The molecular formula is C27H29N5O3. The van der Waals surface area contributed by atoms with Gasteiger partial charge in [-0.05, 0) is 61.6 Å². The van der Waals surface area contributed by atoms with Gasteiger partial charge >= 0.3 is 0 Å². The molecule has 0 aliphatic carbocycles. The first kappa shape index (κ1) is 25.4. The van der Waals surface area contributed by atoms with Crippen LogP contribution in [0.3, 0.4) is 0 Å². The third kappa shape index (κ3) is 6.21. The number of likely N-dealkylation sites (tertiary alicyclic amines) is 1. The third-order valence-electron chi connectivity index (χ3n) is 6.10. The molecule has 1 aliphatic rings. The SMILES string of the molecule is CC(=N)/C=C(/Cc1ccc(C(=O)NCC(=O)N2C(C#N)CCC2c2ccccc2)cc1C)C(N)=O. The van der Waals surface area contributed by atoms with Crippen molar-refractivity contribution in [1.29, 1.82) is 10.7 Å². The zero-order valence-electron chi connectivity index (χ0n) is 19.9. The number of aryl methyl sites for hydroxylation is 1. The Morgan fingerprint density at radius 3 is 2.51 bits per heavy atom. The van der Waals surface area contributed by atoms with Crippen molar-refractivity contribution >= 4 is 23.4 Å². The molecule has 0 spiro atoms. The van der Waals surface area contributed by atoms with E-state index >= 15 is 0 Å². The van der Waals surface area contributed by atoms with Crippen LogP contribution >= 0.6 is 0 Å². The molecule has 8 nitrogen and oxygen atoms in total. The maximum absolute atomic E-state index is 13.0. The van der Waals surface area contributed by atoms with E-state index in [-0.39, 0.29) is 30.6 Å². The number of allylic oxidation sites excluding steroid dienone is 1. The second-order valence-corrected chi connectivity index (χ2v) is 8.67. The number of nitrogens with one attached hydrogen (secondary N) is 2. The van der Waals surface area contributed by atoms with E-state index in [1.165, 1.54) is 6.08 Å². The normalized spacial score (nSPS) is 17.5. The molecule has 1 fully saturated rings. The van der Waals surface area contributed by atoms with Gasteiger partial charge in [0, 0.05) is 23.3 Å². The van der Waals surface area contributed by atoms with Gasteiger partial charge in [0.1, 0.15) is 6.04 Å². The molecule has 0 bridgehead atoms. The lowest BCUT2D eigenvalue weighted by atomic mass is 9.97. The van der Waals surface area contributed by atoms with Gasteiger partial charge in [0.2, 0.25) is 11.8 Å². The van der Waals surface area contributed by atoms with Gasteiger partial charge in [-0.25, -0.2) is 0 Å². The first-order valence-electron chi connectivity index (χ1n) is 11.4. The monoisotopic (exact) mass is 471 g/mol. The van der Waals surface area contributed by atoms with E-state index in [0.29, 0.717) is 24.0 Å². The van der Waals surface area contributed by atoms with Gasteiger partial charge in [0.25, 0.3) is 5.91 Å². The first-order chi connectivity index (χ1) is 16.7. The first-order valence-corrected chi connectivity index (χ1v) is 11.4. The van der Waals surface area contributed by atoms with Crippen LogP contribution < -0.4 is 11.1 Å². The number of hydrogen-bond donors (Lipinski definition) is 3. The van der Waals surface area contributed by atoms with E-state index in [2.05, 4.69) is 11.4 Å². The minimum atomic E-state index is -0.595. The van der Waals surface area contributed by atoms with E-state index < -0.39 is 17.9 Å². The largest absolute Gasteiger partial charge is 0.366 e. The summed E-state index contributed by atoms with van der Waals surface area (Å²) >= 11 is 0. The second kappa shape index (κ2) is 11.3. The molecular weight excluding hydrogens is 442 g/mol. The fraction of sp³-hybridized carbons (Fsp3) is 0.296. The molecule has 0 saturated carbocycles. The van der Waals surface area contributed by atoms with Crippen molar-refractivity contribution in [3.8, 4) is 6.07 Å². The maximum atomic E-state index is 13.0. The minimum Gasteiger partial charge on any atom is -0.366 e. The van der Waals surface area contributed by atoms with Gasteiger partial charge in [-0.3, -0.25) is 14.4 Å². The van der Waals surface area contributed by atoms with Crippen molar-refractivity contribution in [2.75, 3.05) is 6.54 Å². The summed E-state index contributed by atoms with van der Waals surface area (Å²) in [5.41, 5.74) is 8.91. The number of hydrogen-bond acceptors (Lipinski definition) is 5. The zero-order chi connectivity index (χ0) is 25.5. The summed E-state index contributed by atoms with van der Waals surface area (Å²) in [5.74, 6) is -1.30. The molecule has 35 heavy (non-hydrogen) atoms. The minimum absolute atomic E-state index is 0.191. The number of nitrogens with zero attached hydrogens (tertiary/aromatic N) is 2. The lowest BCUT2D eigenvalue weighted by Crippen LogP contribution is -2.43. The van der Waals surface area contributed by atoms with Crippen LogP contribution in [0, 0.1) is 23.7 Å². The predicted octanol–water partition coefficient (Wildman–Crippen LogP) is 2.97. The Bertz CT molecular complexity index is 1210. The molecule has 1 aliphatic heterocycles. The standard InChI is InChI=1S/C27H29N5O3/c1-17-12-21(9-8-20(17)14-22(26(30)34)13-18(2)29)27(35)31-16-25(33)32-23(15-28)10-11-24(32)19-6-4-3-5-7-19/h3-9,12-13,23-24,29H,10-11,14,16H2,1-2H3,(H2,30,34)(H,31,35)/b22-13-,29-18?. The topological polar surface area (TPSA) is 140 Å². The highest BCUT2D eigenvalue weighted by molar-refractivity contribution is 6.01. The maximum Gasteiger partial charge on any atom is 0.251 e. The molecule has 2 aromatic carbocycles. The van der Waals surface area contributed by atoms with Crippen LogP contribution in [0.4, 0.5) is 0 Å². The van der Waals surface area contributed by atoms with Gasteiger partial charge in [-0.1, -0.05) is 36.4 Å². The Balaban J connectivity index is 1.68.